The summed E-state index contributed by atoms with van der Waals surface area (Å²) >= 11 is 3.11. The normalized spacial score (nSPS) is 10.1. The Labute approximate surface area is 112 Å². The number of carbonyl (C=O) groups is 1. The van der Waals surface area contributed by atoms with Crippen LogP contribution >= 0.6 is 15.9 Å². The lowest BCUT2D eigenvalue weighted by atomic mass is 10.2. The van der Waals surface area contributed by atoms with Crippen molar-refractivity contribution in [1.82, 2.24) is 0 Å². The molecule has 0 radical (unpaired) electrons. The van der Waals surface area contributed by atoms with Crippen molar-refractivity contribution in [1.29, 1.82) is 0 Å². The molecule has 0 bridgehead atoms. The van der Waals surface area contributed by atoms with Crippen LogP contribution in [0.15, 0.2) is 22.7 Å². The van der Waals surface area contributed by atoms with Gasteiger partial charge in [-0.25, -0.2) is 0 Å². The van der Waals surface area contributed by atoms with E-state index >= 15 is 0 Å². The van der Waals surface area contributed by atoms with Gasteiger partial charge >= 0.3 is 5.97 Å². The number of benzene rings is 1. The van der Waals surface area contributed by atoms with Crippen molar-refractivity contribution in [2.45, 2.75) is 19.3 Å². The van der Waals surface area contributed by atoms with Gasteiger partial charge in [-0.1, -0.05) is 6.07 Å². The van der Waals surface area contributed by atoms with Gasteiger partial charge in [-0.05, 0) is 34.8 Å². The minimum Gasteiger partial charge on any atom is -0.492 e. The monoisotopic (exact) mass is 317 g/mol. The van der Waals surface area contributed by atoms with E-state index in [1.54, 1.807) is 6.07 Å². The fourth-order valence-corrected chi connectivity index (χ4v) is 1.84. The molecule has 0 aliphatic carbocycles. The van der Waals surface area contributed by atoms with Crippen LogP contribution in [-0.4, -0.2) is 22.6 Å². The highest BCUT2D eigenvalue weighted by Gasteiger charge is 2.15. The molecule has 0 aliphatic heterocycles. The molecule has 0 saturated carbocycles. The van der Waals surface area contributed by atoms with Gasteiger partial charge in [-0.15, -0.1) is 0 Å². The highest BCUT2D eigenvalue weighted by Crippen LogP contribution is 2.33. The van der Waals surface area contributed by atoms with E-state index < -0.39 is 10.9 Å². The van der Waals surface area contributed by atoms with Crippen molar-refractivity contribution < 1.29 is 19.6 Å². The fraction of sp³-hybridized carbons (Fsp3) is 0.364. The number of hydrogen-bond acceptors (Lipinski definition) is 4. The first-order valence-electron chi connectivity index (χ1n) is 5.30. The third kappa shape index (κ3) is 4.33. The summed E-state index contributed by atoms with van der Waals surface area (Å²) in [6.07, 6.45) is 1.20. The smallest absolute Gasteiger partial charge is 0.303 e. The number of nitro groups is 1. The summed E-state index contributed by atoms with van der Waals surface area (Å²) in [6.45, 7) is 0.326. The summed E-state index contributed by atoms with van der Waals surface area (Å²) in [5.74, 6) is -0.453. The Morgan fingerprint density at radius 1 is 1.44 bits per heavy atom. The molecule has 7 heteroatoms. The molecule has 0 aliphatic rings. The van der Waals surface area contributed by atoms with Crippen LogP contribution in [0.4, 0.5) is 5.69 Å². The molecule has 0 aromatic heterocycles. The first-order valence-corrected chi connectivity index (χ1v) is 6.09. The average Bonchev–Trinajstić information content (AvgIpc) is 2.30. The van der Waals surface area contributed by atoms with Crippen LogP contribution < -0.4 is 4.74 Å². The molecule has 0 unspecified atom stereocenters. The molecule has 0 amide bonds. The minimum absolute atomic E-state index is 0.0574. The Hall–Kier alpha value is -1.63. The zero-order valence-corrected chi connectivity index (χ0v) is 11.1. The van der Waals surface area contributed by atoms with Crippen molar-refractivity contribution in [2.24, 2.45) is 0 Å². The van der Waals surface area contributed by atoms with E-state index in [9.17, 15) is 14.9 Å². The van der Waals surface area contributed by atoms with Crippen molar-refractivity contribution >= 4 is 27.6 Å². The average molecular weight is 318 g/mol. The van der Waals surface area contributed by atoms with Crippen LogP contribution in [0.25, 0.3) is 0 Å². The molecular weight excluding hydrogens is 306 g/mol. The fourth-order valence-electron chi connectivity index (χ4n) is 1.31. The SMILES string of the molecule is O=C(O)CCCCOc1cccc([N+](=O)[O-])c1Br. The largest absolute Gasteiger partial charge is 0.492 e. The van der Waals surface area contributed by atoms with Crippen molar-refractivity contribution in [3.05, 3.63) is 32.8 Å². The Morgan fingerprint density at radius 2 is 2.17 bits per heavy atom. The lowest BCUT2D eigenvalue weighted by molar-refractivity contribution is -0.385. The van der Waals surface area contributed by atoms with E-state index in [1.165, 1.54) is 12.1 Å². The molecule has 0 fully saturated rings. The van der Waals surface area contributed by atoms with Crippen LogP contribution in [0.5, 0.6) is 5.75 Å². The van der Waals surface area contributed by atoms with E-state index in [0.29, 0.717) is 29.7 Å². The van der Waals surface area contributed by atoms with Gasteiger partial charge in [-0.3, -0.25) is 14.9 Å². The van der Waals surface area contributed by atoms with Crippen LogP contribution in [-0.2, 0) is 4.79 Å². The molecular formula is C11H12BrNO5. The standard InChI is InChI=1S/C11H12BrNO5/c12-11-8(13(16)17)4-3-5-9(11)18-7-2-1-6-10(14)15/h3-5H,1-2,6-7H2,(H,14,15). The number of nitrogens with zero attached hydrogens (tertiary/aromatic N) is 1. The van der Waals surface area contributed by atoms with Gasteiger partial charge in [0, 0.05) is 12.5 Å². The zero-order chi connectivity index (χ0) is 13.5. The number of nitro benzene ring substituents is 1. The topological polar surface area (TPSA) is 89.7 Å². The van der Waals surface area contributed by atoms with Gasteiger partial charge in [0.25, 0.3) is 5.69 Å². The molecule has 0 atom stereocenters. The van der Waals surface area contributed by atoms with E-state index in [2.05, 4.69) is 15.9 Å². The molecule has 98 valence electrons. The second-order valence-electron chi connectivity index (χ2n) is 3.55. The number of carboxylic acid groups (broad SMARTS) is 1. The molecule has 0 heterocycles. The molecule has 1 rings (SSSR count). The first kappa shape index (κ1) is 14.4. The van der Waals surface area contributed by atoms with Crippen molar-refractivity contribution in [3.8, 4) is 5.75 Å². The van der Waals surface area contributed by atoms with Gasteiger partial charge in [0.1, 0.15) is 10.2 Å². The summed E-state index contributed by atoms with van der Waals surface area (Å²) in [5.41, 5.74) is -0.0574. The molecule has 1 aromatic carbocycles. The van der Waals surface area contributed by atoms with Crippen LogP contribution in [0.2, 0.25) is 0 Å². The minimum atomic E-state index is -0.841. The summed E-state index contributed by atoms with van der Waals surface area (Å²) < 4.78 is 5.66. The third-order valence-electron chi connectivity index (χ3n) is 2.18. The van der Waals surface area contributed by atoms with Crippen molar-refractivity contribution in [3.63, 3.8) is 0 Å². The summed E-state index contributed by atoms with van der Waals surface area (Å²) in [7, 11) is 0. The van der Waals surface area contributed by atoms with Crippen LogP contribution in [0.1, 0.15) is 19.3 Å². The third-order valence-corrected chi connectivity index (χ3v) is 2.98. The van der Waals surface area contributed by atoms with Gasteiger partial charge in [0.05, 0.1) is 11.5 Å². The van der Waals surface area contributed by atoms with Crippen LogP contribution in [0.3, 0.4) is 0 Å². The van der Waals surface area contributed by atoms with E-state index in [0.717, 1.165) is 0 Å². The number of aliphatic carboxylic acids is 1. The molecule has 1 aromatic rings. The van der Waals surface area contributed by atoms with E-state index in [4.69, 9.17) is 9.84 Å². The van der Waals surface area contributed by atoms with E-state index in [-0.39, 0.29) is 12.1 Å². The Morgan fingerprint density at radius 3 is 2.78 bits per heavy atom. The number of halogens is 1. The predicted octanol–water partition coefficient (Wildman–Crippen LogP) is 2.99. The number of ether oxygens (including phenoxy) is 1. The van der Waals surface area contributed by atoms with Gasteiger partial charge in [-0.2, -0.15) is 0 Å². The van der Waals surface area contributed by atoms with Gasteiger partial charge in [0.15, 0.2) is 0 Å². The predicted molar refractivity (Wildman–Crippen MR) is 67.8 cm³/mol. The summed E-state index contributed by atoms with van der Waals surface area (Å²) in [6, 6.07) is 4.53. The van der Waals surface area contributed by atoms with E-state index in [1.807, 2.05) is 0 Å². The number of rotatable bonds is 7. The molecule has 1 N–H and O–H groups in total. The van der Waals surface area contributed by atoms with Crippen molar-refractivity contribution in [2.75, 3.05) is 6.61 Å². The zero-order valence-electron chi connectivity index (χ0n) is 9.47. The second-order valence-corrected chi connectivity index (χ2v) is 4.34. The molecule has 18 heavy (non-hydrogen) atoms. The maximum atomic E-state index is 10.7. The number of carboxylic acids is 1. The quantitative estimate of drug-likeness (QED) is 0.474. The molecule has 6 nitrogen and oxygen atoms in total. The lowest BCUT2D eigenvalue weighted by Crippen LogP contribution is -2.01. The summed E-state index contributed by atoms with van der Waals surface area (Å²) in [5, 5.41) is 19.1. The summed E-state index contributed by atoms with van der Waals surface area (Å²) in [4.78, 5) is 20.5. The number of unbranched alkanes of at least 4 members (excludes halogenated alkanes) is 1. The molecule has 0 spiro atoms. The van der Waals surface area contributed by atoms with Crippen LogP contribution in [0, 0.1) is 10.1 Å². The Bertz CT molecular complexity index is 449. The highest BCUT2D eigenvalue weighted by atomic mass is 79.9. The molecule has 0 saturated heterocycles. The maximum absolute atomic E-state index is 10.7. The first-order chi connectivity index (χ1) is 8.52. The maximum Gasteiger partial charge on any atom is 0.303 e. The van der Waals surface area contributed by atoms with Gasteiger partial charge in [0.2, 0.25) is 0 Å². The lowest BCUT2D eigenvalue weighted by Gasteiger charge is -2.07. The Kier molecular flexibility index (Phi) is 5.57. The second kappa shape index (κ2) is 6.95. The highest BCUT2D eigenvalue weighted by molar-refractivity contribution is 9.10. The van der Waals surface area contributed by atoms with Gasteiger partial charge < -0.3 is 9.84 Å². The Balaban J connectivity index is 2.50. The number of hydrogen-bond donors (Lipinski definition) is 1.